The summed E-state index contributed by atoms with van der Waals surface area (Å²) in [5.41, 5.74) is 8.78. The molecule has 3 unspecified atom stereocenters. The van der Waals surface area contributed by atoms with E-state index in [-0.39, 0.29) is 36.3 Å². The molecular formula is C30H40BNO3. The van der Waals surface area contributed by atoms with Crippen molar-refractivity contribution in [2.45, 2.75) is 83.4 Å². The first-order valence-electron chi connectivity index (χ1n) is 13.4. The summed E-state index contributed by atoms with van der Waals surface area (Å²) >= 11 is 0. The normalized spacial score (nSPS) is 31.2. The van der Waals surface area contributed by atoms with Crippen molar-refractivity contribution in [3.05, 3.63) is 71.8 Å². The Bertz CT molecular complexity index is 1030. The predicted octanol–water partition coefficient (Wildman–Crippen LogP) is 5.49. The van der Waals surface area contributed by atoms with Gasteiger partial charge in [-0.15, -0.1) is 0 Å². The van der Waals surface area contributed by atoms with Crippen LogP contribution in [0.2, 0.25) is 5.82 Å². The van der Waals surface area contributed by atoms with E-state index in [1.807, 2.05) is 36.4 Å². The second kappa shape index (κ2) is 9.50. The number of Topliss-reactive ketones (excluding diaryl/α,β-unsaturated/α-hetero) is 1. The van der Waals surface area contributed by atoms with E-state index in [0.717, 1.165) is 24.3 Å². The molecule has 1 heterocycles. The Morgan fingerprint density at radius 1 is 1.00 bits per heavy atom. The fraction of sp³-hybridized carbons (Fsp3) is 0.567. The summed E-state index contributed by atoms with van der Waals surface area (Å²) in [6.07, 6.45) is 4.29. The van der Waals surface area contributed by atoms with E-state index in [2.05, 4.69) is 52.0 Å². The van der Waals surface area contributed by atoms with Crippen LogP contribution in [0, 0.1) is 23.2 Å². The first-order chi connectivity index (χ1) is 16.7. The van der Waals surface area contributed by atoms with Crippen LogP contribution in [-0.2, 0) is 26.9 Å². The van der Waals surface area contributed by atoms with Gasteiger partial charge in [0.15, 0.2) is 0 Å². The number of hydrogen-bond donors (Lipinski definition) is 1. The van der Waals surface area contributed by atoms with Gasteiger partial charge in [-0.25, -0.2) is 0 Å². The lowest BCUT2D eigenvalue weighted by atomic mass is 9.43. The van der Waals surface area contributed by atoms with Gasteiger partial charge in [-0.3, -0.25) is 4.79 Å². The third-order valence-corrected chi connectivity index (χ3v) is 9.60. The van der Waals surface area contributed by atoms with Gasteiger partial charge in [-0.2, -0.15) is 0 Å². The molecule has 0 amide bonds. The molecule has 0 aromatic heterocycles. The van der Waals surface area contributed by atoms with Crippen LogP contribution in [-0.4, -0.2) is 30.6 Å². The number of ketones is 1. The number of benzene rings is 2. The second-order valence-electron chi connectivity index (χ2n) is 12.1. The zero-order valence-electron chi connectivity index (χ0n) is 21.7. The molecule has 2 aromatic carbocycles. The molecule has 2 N–H and O–H groups in total. The van der Waals surface area contributed by atoms with Gasteiger partial charge in [0.2, 0.25) is 0 Å². The van der Waals surface area contributed by atoms with E-state index in [4.69, 9.17) is 15.0 Å². The van der Waals surface area contributed by atoms with Gasteiger partial charge >= 0.3 is 7.12 Å². The number of rotatable bonds is 9. The lowest BCUT2D eigenvalue weighted by Crippen LogP contribution is -2.65. The average Bonchev–Trinajstić information content (AvgIpc) is 3.20. The summed E-state index contributed by atoms with van der Waals surface area (Å²) in [5, 5.41) is 0. The quantitative estimate of drug-likeness (QED) is 0.489. The largest absolute Gasteiger partial charge is 0.461 e. The molecule has 6 rings (SSSR count). The van der Waals surface area contributed by atoms with Crippen molar-refractivity contribution in [3.8, 4) is 0 Å². The molecule has 4 fully saturated rings. The van der Waals surface area contributed by atoms with Crippen LogP contribution in [0.5, 0.6) is 0 Å². The molecule has 2 bridgehead atoms. The zero-order chi connectivity index (χ0) is 24.8. The Labute approximate surface area is 211 Å². The summed E-state index contributed by atoms with van der Waals surface area (Å²) in [7, 11) is -0.298. The van der Waals surface area contributed by atoms with Crippen molar-refractivity contribution in [1.29, 1.82) is 0 Å². The van der Waals surface area contributed by atoms with E-state index in [1.54, 1.807) is 0 Å². The molecule has 186 valence electrons. The van der Waals surface area contributed by atoms with Gasteiger partial charge in [-0.1, -0.05) is 81.4 Å². The Kier molecular flexibility index (Phi) is 6.71. The maximum absolute atomic E-state index is 13.2. The van der Waals surface area contributed by atoms with Crippen LogP contribution in [0.25, 0.3) is 0 Å². The van der Waals surface area contributed by atoms with Gasteiger partial charge in [0.05, 0.1) is 17.7 Å². The van der Waals surface area contributed by atoms with Crippen LogP contribution in [0.15, 0.2) is 60.7 Å². The molecule has 4 aliphatic rings. The van der Waals surface area contributed by atoms with Crippen LogP contribution >= 0.6 is 0 Å². The van der Waals surface area contributed by atoms with Crippen molar-refractivity contribution in [2.75, 3.05) is 0 Å². The number of hydrogen-bond acceptors (Lipinski definition) is 4. The average molecular weight is 473 g/mol. The smallest absolute Gasteiger partial charge is 0.405 e. The van der Waals surface area contributed by atoms with Gasteiger partial charge in [-0.05, 0) is 66.9 Å². The lowest BCUT2D eigenvalue weighted by Gasteiger charge is -2.64. The van der Waals surface area contributed by atoms with E-state index in [9.17, 15) is 4.79 Å². The lowest BCUT2D eigenvalue weighted by molar-refractivity contribution is -0.199. The molecule has 1 aliphatic heterocycles. The predicted molar refractivity (Wildman–Crippen MR) is 141 cm³/mol. The van der Waals surface area contributed by atoms with Gasteiger partial charge in [0, 0.05) is 12.2 Å². The molecule has 4 nitrogen and oxygen atoms in total. The number of nitrogens with two attached hydrogens (primary N) is 1. The van der Waals surface area contributed by atoms with Crippen molar-refractivity contribution >= 4 is 12.9 Å². The summed E-state index contributed by atoms with van der Waals surface area (Å²) < 4.78 is 13.6. The third kappa shape index (κ3) is 4.63. The van der Waals surface area contributed by atoms with E-state index in [1.165, 1.54) is 12.0 Å². The highest BCUT2D eigenvalue weighted by molar-refractivity contribution is 6.47. The minimum absolute atomic E-state index is 0.0908. The SMILES string of the molecule is C[C@@H](CC(=O)[C@@H](N)Cc1ccccc1)[C@@H](Cc1ccccc1)B1OC2CC3CC(C3(C)C)[C@@]2(C)O1. The number of carbonyl (C=O) groups excluding carboxylic acids is 1. The van der Waals surface area contributed by atoms with Crippen molar-refractivity contribution in [1.82, 2.24) is 0 Å². The monoisotopic (exact) mass is 473 g/mol. The molecule has 0 radical (unpaired) electrons. The zero-order valence-corrected chi connectivity index (χ0v) is 21.7. The standard InChI is InChI=1S/C30H40BNO3/c1-20(15-26(33)25(32)17-22-13-9-6-10-14-22)24(16-21-11-7-5-8-12-21)31-34-28-19-23-18-27(29(23,2)3)30(28,4)35-31/h5-14,20,23-25,27-28H,15-19,32H2,1-4H3/t20-,23?,24+,25-,27?,28?,30+/m0/s1. The minimum atomic E-state index is -0.490. The second-order valence-corrected chi connectivity index (χ2v) is 12.1. The molecule has 2 aromatic rings. The van der Waals surface area contributed by atoms with Crippen LogP contribution in [0.1, 0.15) is 58.1 Å². The maximum atomic E-state index is 13.2. The van der Waals surface area contributed by atoms with Gasteiger partial charge < -0.3 is 15.0 Å². The van der Waals surface area contributed by atoms with Crippen LogP contribution < -0.4 is 5.73 Å². The van der Waals surface area contributed by atoms with Crippen molar-refractivity contribution < 1.29 is 14.1 Å². The van der Waals surface area contributed by atoms with Crippen LogP contribution in [0.3, 0.4) is 0 Å². The third-order valence-electron chi connectivity index (χ3n) is 9.60. The molecule has 3 aliphatic carbocycles. The van der Waals surface area contributed by atoms with Crippen LogP contribution in [0.4, 0.5) is 0 Å². The molecule has 7 atom stereocenters. The Balaban J connectivity index is 1.31. The maximum Gasteiger partial charge on any atom is 0.461 e. The summed E-state index contributed by atoms with van der Waals surface area (Å²) in [4.78, 5) is 13.2. The highest BCUT2D eigenvalue weighted by atomic mass is 16.7. The summed E-state index contributed by atoms with van der Waals surface area (Å²) in [6.45, 7) is 9.22. The molecule has 5 heteroatoms. The van der Waals surface area contributed by atoms with Gasteiger partial charge in [0.1, 0.15) is 5.78 Å². The van der Waals surface area contributed by atoms with Crippen molar-refractivity contribution in [2.24, 2.45) is 28.9 Å². The van der Waals surface area contributed by atoms with E-state index >= 15 is 0 Å². The fourth-order valence-electron chi connectivity index (χ4n) is 7.14. The topological polar surface area (TPSA) is 61.6 Å². The number of carbonyl (C=O) groups is 1. The highest BCUT2D eigenvalue weighted by Crippen LogP contribution is 2.66. The molecular weight excluding hydrogens is 433 g/mol. The molecule has 0 spiro atoms. The van der Waals surface area contributed by atoms with Crippen molar-refractivity contribution in [3.63, 3.8) is 0 Å². The fourth-order valence-corrected chi connectivity index (χ4v) is 7.14. The Morgan fingerprint density at radius 2 is 1.60 bits per heavy atom. The molecule has 1 saturated heterocycles. The highest BCUT2D eigenvalue weighted by Gasteiger charge is 2.68. The Hall–Kier alpha value is -1.95. The van der Waals surface area contributed by atoms with E-state index < -0.39 is 6.04 Å². The first kappa shape index (κ1) is 24.7. The molecule has 35 heavy (non-hydrogen) atoms. The molecule has 3 saturated carbocycles. The van der Waals surface area contributed by atoms with E-state index in [0.29, 0.717) is 24.2 Å². The summed E-state index contributed by atoms with van der Waals surface area (Å²) in [6, 6.07) is 20.1. The Morgan fingerprint density at radius 3 is 2.20 bits per heavy atom. The van der Waals surface area contributed by atoms with Gasteiger partial charge in [0.25, 0.3) is 0 Å². The summed E-state index contributed by atoms with van der Waals surface area (Å²) in [5.74, 6) is 1.55. The minimum Gasteiger partial charge on any atom is -0.405 e. The first-order valence-corrected chi connectivity index (χ1v) is 13.4.